The van der Waals surface area contributed by atoms with Gasteiger partial charge in [0.25, 0.3) is 0 Å². The summed E-state index contributed by atoms with van der Waals surface area (Å²) in [4.78, 5) is 18.1. The number of nitrogens with zero attached hydrogens (tertiary/aromatic N) is 3. The molecule has 0 N–H and O–H groups in total. The Morgan fingerprint density at radius 2 is 1.90 bits per heavy atom. The third-order valence-electron chi connectivity index (χ3n) is 7.01. The van der Waals surface area contributed by atoms with Crippen molar-refractivity contribution in [3.63, 3.8) is 0 Å². The lowest BCUT2D eigenvalue weighted by atomic mass is 9.91. The van der Waals surface area contributed by atoms with Gasteiger partial charge in [0, 0.05) is 37.5 Å². The molecule has 0 saturated carbocycles. The molecule has 3 heterocycles. The lowest BCUT2D eigenvalue weighted by Gasteiger charge is -2.39. The smallest absolute Gasteiger partial charge is 0.244 e. The Kier molecular flexibility index (Phi) is 5.53. The number of likely N-dealkylation sites (N-methyl/N-ethyl adjacent to an activating group) is 1. The molecule has 1 aromatic carbocycles. The fourth-order valence-electron chi connectivity index (χ4n) is 5.25. The van der Waals surface area contributed by atoms with Crippen molar-refractivity contribution >= 4 is 11.4 Å². The summed E-state index contributed by atoms with van der Waals surface area (Å²) < 4.78 is 15.8. The van der Waals surface area contributed by atoms with Crippen LogP contribution in [0.1, 0.15) is 48.5 Å². The zero-order chi connectivity index (χ0) is 21.4. The Morgan fingerprint density at radius 1 is 1.13 bits per heavy atom. The number of fused-ring (bicyclic) bond motifs is 3. The first kappa shape index (κ1) is 20.3. The number of halogens is 1. The number of aromatic nitrogens is 1. The second-order valence-corrected chi connectivity index (χ2v) is 8.90. The van der Waals surface area contributed by atoms with Gasteiger partial charge in [-0.15, -0.1) is 0 Å². The predicted molar refractivity (Wildman–Crippen MR) is 119 cm³/mol. The summed E-state index contributed by atoms with van der Waals surface area (Å²) >= 11 is 0. The lowest BCUT2D eigenvalue weighted by Crippen LogP contribution is -2.48. The number of aryl methyl sites for hydroxylation is 1. The fourth-order valence-corrected chi connectivity index (χ4v) is 5.25. The van der Waals surface area contributed by atoms with Crippen LogP contribution >= 0.6 is 0 Å². The van der Waals surface area contributed by atoms with Crippen LogP contribution in [-0.4, -0.2) is 46.3 Å². The first-order chi connectivity index (χ1) is 15.1. The summed E-state index contributed by atoms with van der Waals surface area (Å²) in [5.74, 6) is -0.148. The third-order valence-corrected chi connectivity index (χ3v) is 7.01. The van der Waals surface area contributed by atoms with Crippen LogP contribution in [0, 0.1) is 11.9 Å². The molecule has 1 unspecified atom stereocenters. The van der Waals surface area contributed by atoms with E-state index in [-0.39, 0.29) is 23.8 Å². The van der Waals surface area contributed by atoms with Gasteiger partial charge in [-0.05, 0) is 74.2 Å². The van der Waals surface area contributed by atoms with E-state index in [1.54, 1.807) is 12.1 Å². The number of benzene rings is 1. The number of rotatable bonds is 4. The number of piperidine rings is 1. The number of carbonyl (C=O) groups excluding carboxylic acids is 1. The molecule has 0 spiro atoms. The van der Waals surface area contributed by atoms with Gasteiger partial charge in [0.2, 0.25) is 5.91 Å². The quantitative estimate of drug-likeness (QED) is 0.627. The number of hydrogen-bond donors (Lipinski definition) is 0. The van der Waals surface area contributed by atoms with Crippen molar-refractivity contribution in [1.82, 2.24) is 14.2 Å². The van der Waals surface area contributed by atoms with Gasteiger partial charge in [-0.3, -0.25) is 9.69 Å². The molecule has 1 aliphatic carbocycles. The molecule has 1 amide bonds. The minimum Gasteiger partial charge on any atom is -0.341 e. The molecule has 0 bridgehead atoms. The largest absolute Gasteiger partial charge is 0.341 e. The van der Waals surface area contributed by atoms with Crippen molar-refractivity contribution in [3.05, 3.63) is 77.4 Å². The molecular formula is C26H29FN3O. The molecule has 2 aliphatic rings. The second kappa shape index (κ2) is 8.46. The average molecular weight is 419 g/mol. The van der Waals surface area contributed by atoms with Gasteiger partial charge < -0.3 is 9.30 Å². The molecular weight excluding hydrogens is 389 g/mol. The molecule has 1 saturated heterocycles. The molecule has 5 rings (SSSR count). The summed E-state index contributed by atoms with van der Waals surface area (Å²) in [6.07, 6.45) is 8.22. The van der Waals surface area contributed by atoms with Gasteiger partial charge in [0.1, 0.15) is 11.9 Å². The Labute approximate surface area is 183 Å². The highest BCUT2D eigenvalue weighted by atomic mass is 19.1. The molecule has 4 nitrogen and oxygen atoms in total. The van der Waals surface area contributed by atoms with Crippen LogP contribution in [0.2, 0.25) is 0 Å². The number of likely N-dealkylation sites (tertiary alicyclic amines) is 1. The van der Waals surface area contributed by atoms with Gasteiger partial charge in [0.05, 0.1) is 5.52 Å². The van der Waals surface area contributed by atoms with Gasteiger partial charge in [-0.1, -0.05) is 24.6 Å². The molecule has 1 aliphatic heterocycles. The van der Waals surface area contributed by atoms with E-state index in [1.165, 1.54) is 29.8 Å². The zero-order valence-corrected chi connectivity index (χ0v) is 18.1. The average Bonchev–Trinajstić information content (AvgIpc) is 3.18. The Balaban J connectivity index is 1.41. The van der Waals surface area contributed by atoms with Crippen LogP contribution in [0.25, 0.3) is 5.52 Å². The summed E-state index contributed by atoms with van der Waals surface area (Å²) in [5, 5.41) is 0. The van der Waals surface area contributed by atoms with E-state index >= 15 is 0 Å². The van der Waals surface area contributed by atoms with E-state index in [2.05, 4.69) is 27.6 Å². The highest BCUT2D eigenvalue weighted by Crippen LogP contribution is 2.31. The Morgan fingerprint density at radius 3 is 2.68 bits per heavy atom. The van der Waals surface area contributed by atoms with Crippen LogP contribution in [0.3, 0.4) is 0 Å². The van der Waals surface area contributed by atoms with Crippen molar-refractivity contribution in [2.45, 2.75) is 50.6 Å². The predicted octanol–water partition coefficient (Wildman–Crippen LogP) is 4.42. The fraction of sp³-hybridized carbons (Fsp3) is 0.423. The molecule has 3 aromatic rings. The van der Waals surface area contributed by atoms with Crippen molar-refractivity contribution < 1.29 is 9.18 Å². The topological polar surface area (TPSA) is 28.0 Å². The van der Waals surface area contributed by atoms with Gasteiger partial charge in [0.15, 0.2) is 0 Å². The van der Waals surface area contributed by atoms with Crippen LogP contribution < -0.4 is 0 Å². The third kappa shape index (κ3) is 3.87. The van der Waals surface area contributed by atoms with Gasteiger partial charge in [-0.2, -0.15) is 0 Å². The highest BCUT2D eigenvalue weighted by molar-refractivity contribution is 5.83. The standard InChI is InChI=1S/C26H29FN3O/c1-28(22-13-10-20-17-23-7-3-6-16-30(23)24(20)18-22)26(31)25(29-14-4-2-5-15-29)19-8-11-21(27)12-9-19/h3,6-9,11-12,16,22,25H,2,4-5,10,13-15,18H2,1H3/t22-,25?/m1/s1. The first-order valence-corrected chi connectivity index (χ1v) is 11.4. The number of hydrogen-bond acceptors (Lipinski definition) is 2. The SMILES string of the molecule is CN(C(=O)C(c1ccc(F)cc1)N1CCCCC1)[C@@H]1CCc2[c]c3ccccn3c2C1. The molecule has 31 heavy (non-hydrogen) atoms. The van der Waals surface area contributed by atoms with E-state index < -0.39 is 0 Å². The minimum absolute atomic E-state index is 0.117. The van der Waals surface area contributed by atoms with E-state index in [4.69, 9.17) is 0 Å². The Hall–Kier alpha value is -2.66. The van der Waals surface area contributed by atoms with Crippen molar-refractivity contribution in [2.24, 2.45) is 0 Å². The van der Waals surface area contributed by atoms with Crippen molar-refractivity contribution in [1.29, 1.82) is 0 Å². The number of pyridine rings is 1. The number of amides is 1. The summed E-state index contributed by atoms with van der Waals surface area (Å²) in [6, 6.07) is 16.0. The Bertz CT molecular complexity index is 1070. The van der Waals surface area contributed by atoms with Crippen LogP contribution in [0.15, 0.2) is 48.7 Å². The molecule has 161 valence electrons. The number of carbonyl (C=O) groups is 1. The molecule has 2 aromatic heterocycles. The summed E-state index contributed by atoms with van der Waals surface area (Å²) in [7, 11) is 1.94. The van der Waals surface area contributed by atoms with Crippen LogP contribution in [0.5, 0.6) is 0 Å². The maximum absolute atomic E-state index is 13.8. The van der Waals surface area contributed by atoms with E-state index in [0.29, 0.717) is 0 Å². The lowest BCUT2D eigenvalue weighted by molar-refractivity contribution is -0.138. The van der Waals surface area contributed by atoms with Crippen molar-refractivity contribution in [3.8, 4) is 0 Å². The summed E-state index contributed by atoms with van der Waals surface area (Å²) in [6.45, 7) is 1.82. The molecule has 2 atom stereocenters. The van der Waals surface area contributed by atoms with E-state index in [0.717, 1.165) is 56.3 Å². The van der Waals surface area contributed by atoms with Crippen LogP contribution in [0.4, 0.5) is 4.39 Å². The van der Waals surface area contributed by atoms with Gasteiger partial charge in [-0.25, -0.2) is 4.39 Å². The zero-order valence-electron chi connectivity index (χ0n) is 18.1. The van der Waals surface area contributed by atoms with Crippen molar-refractivity contribution in [2.75, 3.05) is 20.1 Å². The second-order valence-electron chi connectivity index (χ2n) is 8.90. The first-order valence-electron chi connectivity index (χ1n) is 11.4. The normalized spacial score (nSPS) is 20.4. The van der Waals surface area contributed by atoms with Crippen LogP contribution in [-0.2, 0) is 17.6 Å². The molecule has 5 heteroatoms. The van der Waals surface area contributed by atoms with E-state index in [9.17, 15) is 9.18 Å². The highest BCUT2D eigenvalue weighted by Gasteiger charge is 2.35. The molecule has 1 fully saturated rings. The monoisotopic (exact) mass is 418 g/mol. The summed E-state index contributed by atoms with van der Waals surface area (Å²) in [5.41, 5.74) is 4.52. The maximum atomic E-state index is 13.8. The van der Waals surface area contributed by atoms with Gasteiger partial charge >= 0.3 is 0 Å². The maximum Gasteiger partial charge on any atom is 0.244 e. The minimum atomic E-state index is -0.345. The van der Waals surface area contributed by atoms with E-state index in [1.807, 2.05) is 24.1 Å². The molecule has 1 radical (unpaired) electrons.